The lowest BCUT2D eigenvalue weighted by Crippen LogP contribution is -2.03. The number of methoxy groups -OCH3 is 1. The molecule has 0 aromatic heterocycles. The topological polar surface area (TPSA) is 69.4 Å². The molecule has 0 aliphatic heterocycles. The van der Waals surface area contributed by atoms with E-state index < -0.39 is 10.9 Å². The average Bonchev–Trinajstić information content (AvgIpc) is 2.39. The van der Waals surface area contributed by atoms with Crippen LogP contribution in [0.3, 0.4) is 0 Å². The second-order valence-electron chi connectivity index (χ2n) is 2.95. The Bertz CT molecular complexity index is 401. The molecule has 5 heteroatoms. The summed E-state index contributed by atoms with van der Waals surface area (Å²) in [6, 6.07) is 4.34. The Hall–Kier alpha value is -1.91. The van der Waals surface area contributed by atoms with E-state index in [4.69, 9.17) is 0 Å². The lowest BCUT2D eigenvalue weighted by Gasteiger charge is -2.02. The summed E-state index contributed by atoms with van der Waals surface area (Å²) in [4.78, 5) is 21.3. The summed E-state index contributed by atoms with van der Waals surface area (Å²) in [6.45, 7) is 5.82. The molecule has 0 bridgehead atoms. The van der Waals surface area contributed by atoms with Crippen LogP contribution in [0.4, 0.5) is 5.69 Å². The molecule has 5 nitrogen and oxygen atoms in total. The number of rotatable bonds is 3. The van der Waals surface area contributed by atoms with Gasteiger partial charge in [0.1, 0.15) is 0 Å². The second kappa shape index (κ2) is 7.38. The Morgan fingerprint density at radius 2 is 2.00 bits per heavy atom. The Labute approximate surface area is 101 Å². The van der Waals surface area contributed by atoms with Crippen LogP contribution in [-0.4, -0.2) is 18.0 Å². The Morgan fingerprint density at radius 1 is 1.41 bits per heavy atom. The van der Waals surface area contributed by atoms with Gasteiger partial charge >= 0.3 is 5.97 Å². The van der Waals surface area contributed by atoms with Gasteiger partial charge in [0.05, 0.1) is 17.6 Å². The number of aryl methyl sites for hydroxylation is 1. The van der Waals surface area contributed by atoms with Crippen LogP contribution in [0.1, 0.15) is 36.7 Å². The first-order chi connectivity index (χ1) is 8.10. The molecule has 1 aromatic rings. The molecule has 0 saturated heterocycles. The molecule has 0 heterocycles. The van der Waals surface area contributed by atoms with Crippen LogP contribution in [0.5, 0.6) is 0 Å². The van der Waals surface area contributed by atoms with Gasteiger partial charge in [0, 0.05) is 11.6 Å². The predicted molar refractivity (Wildman–Crippen MR) is 65.2 cm³/mol. The quantitative estimate of drug-likeness (QED) is 0.462. The zero-order valence-electron chi connectivity index (χ0n) is 10.5. The third kappa shape index (κ3) is 3.86. The number of hydrogen-bond acceptors (Lipinski definition) is 4. The van der Waals surface area contributed by atoms with Gasteiger partial charge in [-0.15, -0.1) is 0 Å². The third-order valence-corrected chi connectivity index (χ3v) is 2.08. The van der Waals surface area contributed by atoms with E-state index in [1.165, 1.54) is 19.2 Å². The fourth-order valence-electron chi connectivity index (χ4n) is 1.28. The summed E-state index contributed by atoms with van der Waals surface area (Å²) in [5.74, 6) is -0.569. The highest BCUT2D eigenvalue weighted by Crippen LogP contribution is 2.21. The molecule has 0 N–H and O–H groups in total. The van der Waals surface area contributed by atoms with E-state index in [-0.39, 0.29) is 11.3 Å². The van der Waals surface area contributed by atoms with Crippen molar-refractivity contribution in [2.45, 2.75) is 27.2 Å². The van der Waals surface area contributed by atoms with Crippen LogP contribution in [0.2, 0.25) is 0 Å². The van der Waals surface area contributed by atoms with E-state index in [1.807, 2.05) is 20.8 Å². The van der Waals surface area contributed by atoms with Crippen molar-refractivity contribution < 1.29 is 14.5 Å². The van der Waals surface area contributed by atoms with Gasteiger partial charge in [0.2, 0.25) is 0 Å². The highest BCUT2D eigenvalue weighted by atomic mass is 16.6. The fraction of sp³-hybridized carbons (Fsp3) is 0.417. The fourth-order valence-corrected chi connectivity index (χ4v) is 1.28. The van der Waals surface area contributed by atoms with E-state index in [1.54, 1.807) is 6.07 Å². The van der Waals surface area contributed by atoms with Gasteiger partial charge in [-0.1, -0.05) is 26.8 Å². The zero-order chi connectivity index (χ0) is 13.4. The molecule has 94 valence electrons. The summed E-state index contributed by atoms with van der Waals surface area (Å²) in [7, 11) is 1.24. The van der Waals surface area contributed by atoms with Crippen molar-refractivity contribution in [2.75, 3.05) is 7.11 Å². The van der Waals surface area contributed by atoms with Crippen molar-refractivity contribution in [2.24, 2.45) is 0 Å². The average molecular weight is 239 g/mol. The van der Waals surface area contributed by atoms with Gasteiger partial charge in [0.25, 0.3) is 5.69 Å². The normalized spacial score (nSPS) is 8.94. The van der Waals surface area contributed by atoms with Crippen molar-refractivity contribution >= 4 is 11.7 Å². The number of carbonyl (C=O) groups excluding carboxylic acids is 1. The molecule has 0 atom stereocenters. The molecule has 1 aromatic carbocycles. The van der Waals surface area contributed by atoms with Crippen molar-refractivity contribution in [1.82, 2.24) is 0 Å². The molecule has 0 aliphatic rings. The largest absolute Gasteiger partial charge is 0.465 e. The molecule has 0 fully saturated rings. The summed E-state index contributed by atoms with van der Waals surface area (Å²) in [5.41, 5.74) is 0.759. The number of esters is 1. The van der Waals surface area contributed by atoms with Crippen molar-refractivity contribution in [3.8, 4) is 0 Å². The molecule has 17 heavy (non-hydrogen) atoms. The lowest BCUT2D eigenvalue weighted by molar-refractivity contribution is -0.385. The van der Waals surface area contributed by atoms with E-state index in [9.17, 15) is 14.9 Å². The summed E-state index contributed by atoms with van der Waals surface area (Å²) < 4.78 is 4.48. The first-order valence-electron chi connectivity index (χ1n) is 5.45. The molecule has 0 saturated carbocycles. The van der Waals surface area contributed by atoms with Crippen LogP contribution >= 0.6 is 0 Å². The minimum absolute atomic E-state index is 0.0413. The van der Waals surface area contributed by atoms with E-state index >= 15 is 0 Å². The number of carbonyl (C=O) groups is 1. The third-order valence-electron chi connectivity index (χ3n) is 2.08. The smallest absolute Gasteiger partial charge is 0.338 e. The number of nitro benzene ring substituents is 1. The van der Waals surface area contributed by atoms with Crippen LogP contribution < -0.4 is 0 Å². The van der Waals surface area contributed by atoms with Gasteiger partial charge in [-0.25, -0.2) is 4.79 Å². The van der Waals surface area contributed by atoms with Gasteiger partial charge in [0.15, 0.2) is 0 Å². The molecule has 0 spiro atoms. The van der Waals surface area contributed by atoms with E-state index in [2.05, 4.69) is 4.74 Å². The minimum atomic E-state index is -0.569. The maximum absolute atomic E-state index is 11.1. The van der Waals surface area contributed by atoms with Crippen LogP contribution in [0.15, 0.2) is 18.2 Å². The lowest BCUT2D eigenvalue weighted by atomic mass is 10.1. The molecule has 0 amide bonds. The van der Waals surface area contributed by atoms with Crippen molar-refractivity contribution in [1.29, 1.82) is 0 Å². The van der Waals surface area contributed by atoms with Crippen molar-refractivity contribution in [3.05, 3.63) is 39.4 Å². The number of ether oxygens (including phenoxy) is 1. The number of hydrogen-bond donors (Lipinski definition) is 0. The summed E-state index contributed by atoms with van der Waals surface area (Å²) >= 11 is 0. The predicted octanol–water partition coefficient (Wildman–Crippen LogP) is 2.97. The van der Waals surface area contributed by atoms with Gasteiger partial charge in [-0.2, -0.15) is 0 Å². The van der Waals surface area contributed by atoms with E-state index in [0.29, 0.717) is 12.0 Å². The van der Waals surface area contributed by atoms with Crippen LogP contribution in [0.25, 0.3) is 0 Å². The van der Waals surface area contributed by atoms with Gasteiger partial charge in [-0.3, -0.25) is 10.1 Å². The second-order valence-corrected chi connectivity index (χ2v) is 2.95. The molecular formula is C12H17NO4. The van der Waals surface area contributed by atoms with Crippen LogP contribution in [-0.2, 0) is 11.2 Å². The van der Waals surface area contributed by atoms with Gasteiger partial charge in [-0.05, 0) is 12.5 Å². The maximum atomic E-state index is 11.1. The van der Waals surface area contributed by atoms with Crippen molar-refractivity contribution in [3.63, 3.8) is 0 Å². The zero-order valence-corrected chi connectivity index (χ0v) is 10.5. The first-order valence-corrected chi connectivity index (χ1v) is 5.45. The van der Waals surface area contributed by atoms with Crippen LogP contribution in [0, 0.1) is 10.1 Å². The van der Waals surface area contributed by atoms with Gasteiger partial charge < -0.3 is 4.74 Å². The molecule has 0 aliphatic carbocycles. The molecule has 0 unspecified atom stereocenters. The Balaban J connectivity index is 0.00000121. The highest BCUT2D eigenvalue weighted by Gasteiger charge is 2.16. The SMILES string of the molecule is CC.CCc1ccc(C(=O)OC)cc1[N+](=O)[O-]. The molecule has 0 radical (unpaired) electrons. The minimum Gasteiger partial charge on any atom is -0.465 e. The number of nitrogens with zero attached hydrogens (tertiary/aromatic N) is 1. The Kier molecular flexibility index (Phi) is 6.55. The monoisotopic (exact) mass is 239 g/mol. The standard InChI is InChI=1S/C10H11NO4.C2H6/c1-3-7-4-5-8(10(12)15-2)6-9(7)11(13)14;1-2/h4-6H,3H2,1-2H3;1-2H3. The molecular weight excluding hydrogens is 222 g/mol. The first kappa shape index (κ1) is 15.1. The highest BCUT2D eigenvalue weighted by molar-refractivity contribution is 5.90. The maximum Gasteiger partial charge on any atom is 0.338 e. The summed E-state index contributed by atoms with van der Waals surface area (Å²) in [5, 5.41) is 10.7. The Morgan fingerprint density at radius 3 is 2.41 bits per heavy atom. The summed E-state index contributed by atoms with van der Waals surface area (Å²) in [6.07, 6.45) is 0.553. The number of nitro groups is 1. The molecule has 1 rings (SSSR count). The number of benzene rings is 1. The van der Waals surface area contributed by atoms with E-state index in [0.717, 1.165) is 0 Å².